The molecular weight excluding hydrogens is 472 g/mol. The van der Waals surface area contributed by atoms with Crippen LogP contribution < -0.4 is 9.47 Å². The second-order valence-electron chi connectivity index (χ2n) is 10.2. The average Bonchev–Trinajstić information content (AvgIpc) is 3.58. The first-order valence-corrected chi connectivity index (χ1v) is 13.8. The maximum Gasteiger partial charge on any atom is 0.231 e. The van der Waals surface area contributed by atoms with Crippen molar-refractivity contribution >= 4 is 16.6 Å². The van der Waals surface area contributed by atoms with Crippen LogP contribution in [-0.4, -0.2) is 34.3 Å². The van der Waals surface area contributed by atoms with Crippen molar-refractivity contribution in [3.8, 4) is 22.6 Å². The van der Waals surface area contributed by atoms with Crippen molar-refractivity contribution in [2.45, 2.75) is 43.4 Å². The van der Waals surface area contributed by atoms with E-state index < -0.39 is 16.2 Å². The van der Waals surface area contributed by atoms with E-state index in [-0.39, 0.29) is 31.0 Å². The Morgan fingerprint density at radius 3 is 2.42 bits per heavy atom. The number of benzene rings is 3. The number of hydrogen-bond donors (Lipinski definition) is 1. The first-order valence-electron chi connectivity index (χ1n) is 12.5. The van der Waals surface area contributed by atoms with E-state index >= 15 is 0 Å². The van der Waals surface area contributed by atoms with Crippen molar-refractivity contribution in [2.24, 2.45) is 11.8 Å². The van der Waals surface area contributed by atoms with Gasteiger partial charge in [0, 0.05) is 23.7 Å². The third-order valence-corrected chi connectivity index (χ3v) is 9.02. The summed E-state index contributed by atoms with van der Waals surface area (Å²) in [6.07, 6.45) is 2.09. The topological polar surface area (TPSA) is 72.8 Å². The number of rotatable bonds is 10. The van der Waals surface area contributed by atoms with E-state index in [4.69, 9.17) is 9.47 Å². The Morgan fingerprint density at radius 1 is 0.972 bits per heavy atom. The van der Waals surface area contributed by atoms with Crippen LogP contribution in [0.15, 0.2) is 71.6 Å². The SMILES string of the molecule is CC(C)[C@H](CO)CS(=O)c1ccc(-c2cccc(CC(=O)C3(c4ccc5c(c4)OCO5)CC3)c2)cc1. The van der Waals surface area contributed by atoms with Crippen LogP contribution in [-0.2, 0) is 27.4 Å². The largest absolute Gasteiger partial charge is 0.454 e. The van der Waals surface area contributed by atoms with Crippen molar-refractivity contribution in [1.82, 2.24) is 0 Å². The number of hydrogen-bond acceptors (Lipinski definition) is 5. The lowest BCUT2D eigenvalue weighted by molar-refractivity contribution is -0.120. The highest BCUT2D eigenvalue weighted by molar-refractivity contribution is 7.85. The summed E-state index contributed by atoms with van der Waals surface area (Å²) in [5.74, 6) is 2.44. The molecular formula is C30H32O5S. The van der Waals surface area contributed by atoms with Crippen molar-refractivity contribution in [2.75, 3.05) is 19.2 Å². The molecule has 1 fully saturated rings. The van der Waals surface area contributed by atoms with Gasteiger partial charge in [0.05, 0.1) is 16.2 Å². The van der Waals surface area contributed by atoms with Crippen LogP contribution in [0.25, 0.3) is 11.1 Å². The summed E-state index contributed by atoms with van der Waals surface area (Å²) in [5, 5.41) is 9.56. The number of carbonyl (C=O) groups is 1. The highest BCUT2D eigenvalue weighted by atomic mass is 32.2. The lowest BCUT2D eigenvalue weighted by Gasteiger charge is -2.17. The smallest absolute Gasteiger partial charge is 0.231 e. The van der Waals surface area contributed by atoms with Crippen LogP contribution >= 0.6 is 0 Å². The van der Waals surface area contributed by atoms with Crippen LogP contribution in [0, 0.1) is 11.8 Å². The molecule has 5 rings (SSSR count). The molecule has 1 saturated carbocycles. The zero-order chi connectivity index (χ0) is 25.3. The zero-order valence-electron chi connectivity index (χ0n) is 20.7. The van der Waals surface area contributed by atoms with Gasteiger partial charge in [0.2, 0.25) is 6.79 Å². The molecule has 1 heterocycles. The lowest BCUT2D eigenvalue weighted by atomic mass is 9.87. The van der Waals surface area contributed by atoms with Crippen LogP contribution in [0.5, 0.6) is 11.5 Å². The van der Waals surface area contributed by atoms with Gasteiger partial charge < -0.3 is 14.6 Å². The van der Waals surface area contributed by atoms with Crippen molar-refractivity contribution in [3.63, 3.8) is 0 Å². The second kappa shape index (κ2) is 10.2. The predicted molar refractivity (Wildman–Crippen MR) is 141 cm³/mol. The molecule has 6 heteroatoms. The summed E-state index contributed by atoms with van der Waals surface area (Å²) in [4.78, 5) is 14.2. The number of Topliss-reactive ketones (excluding diaryl/α,β-unsaturated/α-hetero) is 1. The minimum absolute atomic E-state index is 0.0205. The molecule has 0 saturated heterocycles. The maximum absolute atomic E-state index is 13.4. The molecule has 2 atom stereocenters. The molecule has 2 aliphatic rings. The van der Waals surface area contributed by atoms with E-state index in [9.17, 15) is 14.1 Å². The van der Waals surface area contributed by atoms with Gasteiger partial charge in [-0.05, 0) is 71.2 Å². The molecule has 0 bridgehead atoms. The molecule has 1 aliphatic carbocycles. The fraction of sp³-hybridized carbons (Fsp3) is 0.367. The van der Waals surface area contributed by atoms with E-state index in [1.807, 2.05) is 74.5 Å². The molecule has 3 aromatic rings. The number of carbonyl (C=O) groups excluding carboxylic acids is 1. The molecule has 188 valence electrons. The fourth-order valence-corrected chi connectivity index (χ4v) is 6.32. The molecule has 1 N–H and O–H groups in total. The standard InChI is InChI=1S/C30H32O5S/c1-20(2)24(17-31)18-36(33)26-9-6-22(7-10-26)23-5-3-4-21(14-23)15-29(32)30(12-13-30)25-8-11-27-28(16-25)35-19-34-27/h3-11,14,16,20,24,31H,12-13,15,17-19H2,1-2H3/t24-,36?/m1/s1. The fourth-order valence-electron chi connectivity index (χ4n) is 4.81. The predicted octanol–water partition coefficient (Wildman–Crippen LogP) is 5.30. The molecule has 3 aromatic carbocycles. The van der Waals surface area contributed by atoms with E-state index in [0.29, 0.717) is 17.9 Å². The Labute approximate surface area is 214 Å². The van der Waals surface area contributed by atoms with E-state index in [0.717, 1.165) is 45.7 Å². The number of aliphatic hydroxyl groups excluding tert-OH is 1. The van der Waals surface area contributed by atoms with Gasteiger partial charge in [-0.15, -0.1) is 0 Å². The van der Waals surface area contributed by atoms with Gasteiger partial charge in [-0.25, -0.2) is 0 Å². The van der Waals surface area contributed by atoms with E-state index in [1.54, 1.807) is 0 Å². The Bertz CT molecular complexity index is 1280. The Morgan fingerprint density at radius 2 is 1.72 bits per heavy atom. The summed E-state index contributed by atoms with van der Waals surface area (Å²) >= 11 is 0. The van der Waals surface area contributed by atoms with Gasteiger partial charge in [0.15, 0.2) is 11.5 Å². The Hall–Kier alpha value is -2.96. The van der Waals surface area contributed by atoms with Crippen molar-refractivity contribution in [1.29, 1.82) is 0 Å². The van der Waals surface area contributed by atoms with Gasteiger partial charge in [-0.2, -0.15) is 0 Å². The average molecular weight is 505 g/mol. The third-order valence-electron chi connectivity index (χ3n) is 7.49. The monoisotopic (exact) mass is 504 g/mol. The van der Waals surface area contributed by atoms with Crippen LogP contribution in [0.2, 0.25) is 0 Å². The van der Waals surface area contributed by atoms with Crippen molar-refractivity contribution in [3.05, 3.63) is 77.9 Å². The van der Waals surface area contributed by atoms with Gasteiger partial charge in [0.1, 0.15) is 5.78 Å². The zero-order valence-corrected chi connectivity index (χ0v) is 21.6. The molecule has 1 unspecified atom stereocenters. The Kier molecular flexibility index (Phi) is 7.00. The van der Waals surface area contributed by atoms with Crippen LogP contribution in [0.1, 0.15) is 37.8 Å². The van der Waals surface area contributed by atoms with Gasteiger partial charge in [0.25, 0.3) is 0 Å². The number of fused-ring (bicyclic) bond motifs is 1. The van der Waals surface area contributed by atoms with Gasteiger partial charge >= 0.3 is 0 Å². The summed E-state index contributed by atoms with van der Waals surface area (Å²) in [7, 11) is -1.15. The molecule has 0 aromatic heterocycles. The molecule has 0 spiro atoms. The van der Waals surface area contributed by atoms with Crippen LogP contribution in [0.3, 0.4) is 0 Å². The number of ketones is 1. The second-order valence-corrected chi connectivity index (χ2v) is 11.7. The number of aliphatic hydroxyl groups is 1. The summed E-state index contributed by atoms with van der Waals surface area (Å²) in [5.41, 5.74) is 3.62. The summed E-state index contributed by atoms with van der Waals surface area (Å²) < 4.78 is 23.7. The molecule has 1 aliphatic heterocycles. The summed E-state index contributed by atoms with van der Waals surface area (Å²) in [6.45, 7) is 4.35. The van der Waals surface area contributed by atoms with E-state index in [2.05, 4.69) is 6.07 Å². The highest BCUT2D eigenvalue weighted by Crippen LogP contribution is 2.51. The minimum atomic E-state index is -1.15. The first-order chi connectivity index (χ1) is 17.4. The molecule has 0 amide bonds. The maximum atomic E-state index is 13.4. The normalized spacial score (nSPS) is 17.1. The lowest BCUT2D eigenvalue weighted by Crippen LogP contribution is -2.22. The molecule has 36 heavy (non-hydrogen) atoms. The number of ether oxygens (including phenoxy) is 2. The molecule has 0 radical (unpaired) electrons. The summed E-state index contributed by atoms with van der Waals surface area (Å²) in [6, 6.07) is 21.7. The third kappa shape index (κ3) is 4.97. The minimum Gasteiger partial charge on any atom is -0.454 e. The Balaban J connectivity index is 1.28. The van der Waals surface area contributed by atoms with Gasteiger partial charge in [-0.1, -0.05) is 56.3 Å². The van der Waals surface area contributed by atoms with Gasteiger partial charge in [-0.3, -0.25) is 9.00 Å². The van der Waals surface area contributed by atoms with E-state index in [1.165, 1.54) is 0 Å². The van der Waals surface area contributed by atoms with Crippen LogP contribution in [0.4, 0.5) is 0 Å². The first kappa shape index (κ1) is 24.7. The quantitative estimate of drug-likeness (QED) is 0.406. The molecule has 5 nitrogen and oxygen atoms in total. The van der Waals surface area contributed by atoms with Crippen molar-refractivity contribution < 1.29 is 23.6 Å². The highest BCUT2D eigenvalue weighted by Gasteiger charge is 2.50.